The van der Waals surface area contributed by atoms with Gasteiger partial charge in [-0.2, -0.15) is 0 Å². The summed E-state index contributed by atoms with van der Waals surface area (Å²) in [6.07, 6.45) is 2.41. The van der Waals surface area contributed by atoms with Crippen molar-refractivity contribution in [2.24, 2.45) is 0 Å². The van der Waals surface area contributed by atoms with Gasteiger partial charge in [0.25, 0.3) is 0 Å². The summed E-state index contributed by atoms with van der Waals surface area (Å²) < 4.78 is 22.3. The van der Waals surface area contributed by atoms with Crippen LogP contribution in [-0.4, -0.2) is 31.1 Å². The van der Waals surface area contributed by atoms with E-state index in [9.17, 15) is 4.57 Å². The van der Waals surface area contributed by atoms with Gasteiger partial charge in [0, 0.05) is 6.61 Å². The van der Waals surface area contributed by atoms with Crippen LogP contribution in [0, 0.1) is 0 Å². The van der Waals surface area contributed by atoms with Gasteiger partial charge in [0.05, 0.1) is 19.4 Å². The summed E-state index contributed by atoms with van der Waals surface area (Å²) in [6.45, 7) is 4.83. The molecular weight excluding hydrogens is 203 g/mol. The Bertz CT molecular complexity index is 144. The third-order valence-electron chi connectivity index (χ3n) is 1.57. The molecule has 0 fully saturated rings. The molecule has 0 atom stereocenters. The molecule has 1 N–H and O–H groups in total. The maximum Gasteiger partial charge on any atom is 0.330 e. The summed E-state index contributed by atoms with van der Waals surface area (Å²) in [5, 5.41) is 8.65. The molecule has 0 aliphatic rings. The average Bonchev–Trinajstić information content (AvgIpc) is 2.21. The van der Waals surface area contributed by atoms with E-state index in [1.807, 2.05) is 13.8 Å². The van der Waals surface area contributed by atoms with Crippen LogP contribution in [0.25, 0.3) is 0 Å². The third kappa shape index (κ3) is 6.55. The first-order valence-corrected chi connectivity index (χ1v) is 6.90. The minimum Gasteiger partial charge on any atom is -0.396 e. The van der Waals surface area contributed by atoms with Crippen LogP contribution in [0.2, 0.25) is 0 Å². The second-order valence-corrected chi connectivity index (χ2v) is 5.26. The first-order valence-electron chi connectivity index (χ1n) is 5.17. The topological polar surface area (TPSA) is 55.8 Å². The fourth-order valence-corrected chi connectivity index (χ4v) is 2.67. The monoisotopic (exact) mass is 224 g/mol. The van der Waals surface area contributed by atoms with Crippen LogP contribution in [0.5, 0.6) is 0 Å². The van der Waals surface area contributed by atoms with Gasteiger partial charge in [0.2, 0.25) is 0 Å². The van der Waals surface area contributed by atoms with E-state index in [0.717, 1.165) is 12.8 Å². The molecule has 0 aliphatic heterocycles. The summed E-state index contributed by atoms with van der Waals surface area (Å²) in [6, 6.07) is 0. The van der Waals surface area contributed by atoms with Crippen molar-refractivity contribution in [3.8, 4) is 0 Å². The number of rotatable bonds is 9. The molecule has 0 saturated carbocycles. The smallest absolute Gasteiger partial charge is 0.330 e. The van der Waals surface area contributed by atoms with E-state index in [4.69, 9.17) is 14.2 Å². The van der Waals surface area contributed by atoms with Gasteiger partial charge >= 0.3 is 7.60 Å². The van der Waals surface area contributed by atoms with Crippen molar-refractivity contribution in [3.63, 3.8) is 0 Å². The van der Waals surface area contributed by atoms with E-state index in [-0.39, 0.29) is 6.61 Å². The fraction of sp³-hybridized carbons (Fsp3) is 1.00. The van der Waals surface area contributed by atoms with E-state index in [0.29, 0.717) is 25.8 Å². The number of hydrogen-bond acceptors (Lipinski definition) is 4. The highest BCUT2D eigenvalue weighted by molar-refractivity contribution is 7.53. The molecular formula is C9H21O4P. The predicted octanol–water partition coefficient (Wildman–Crippen LogP) is 2.42. The third-order valence-corrected chi connectivity index (χ3v) is 3.59. The SMILES string of the molecule is CCCOP(=O)(CCCO)OCCC. The quantitative estimate of drug-likeness (QED) is 0.611. The predicted molar refractivity (Wildman–Crippen MR) is 56.7 cm³/mol. The van der Waals surface area contributed by atoms with E-state index in [1.54, 1.807) is 0 Å². The summed E-state index contributed by atoms with van der Waals surface area (Å²) in [5.41, 5.74) is 0. The van der Waals surface area contributed by atoms with Crippen LogP contribution in [0.15, 0.2) is 0 Å². The summed E-state index contributed by atoms with van der Waals surface area (Å²) >= 11 is 0. The molecule has 0 amide bonds. The minimum absolute atomic E-state index is 0.0228. The van der Waals surface area contributed by atoms with Crippen LogP contribution < -0.4 is 0 Å². The molecule has 0 saturated heterocycles. The maximum absolute atomic E-state index is 11.9. The molecule has 86 valence electrons. The van der Waals surface area contributed by atoms with E-state index in [2.05, 4.69) is 0 Å². The Morgan fingerprint density at radius 3 is 2.00 bits per heavy atom. The molecule has 0 heterocycles. The summed E-state index contributed by atoms with van der Waals surface area (Å²) in [5.74, 6) is 0. The number of hydrogen-bond donors (Lipinski definition) is 1. The molecule has 5 heteroatoms. The van der Waals surface area contributed by atoms with Gasteiger partial charge in [0.1, 0.15) is 0 Å². The molecule has 0 unspecified atom stereocenters. The molecule has 0 spiro atoms. The molecule has 0 bridgehead atoms. The second kappa shape index (κ2) is 8.42. The number of aliphatic hydroxyl groups is 1. The van der Waals surface area contributed by atoms with Crippen molar-refractivity contribution >= 4 is 7.60 Å². The van der Waals surface area contributed by atoms with Gasteiger partial charge in [0.15, 0.2) is 0 Å². The summed E-state index contributed by atoms with van der Waals surface area (Å²) in [4.78, 5) is 0. The Balaban J connectivity index is 3.97. The zero-order valence-electron chi connectivity index (χ0n) is 9.07. The lowest BCUT2D eigenvalue weighted by Gasteiger charge is -2.17. The van der Waals surface area contributed by atoms with Gasteiger partial charge in [-0.05, 0) is 19.3 Å². The normalized spacial score (nSPS) is 11.9. The van der Waals surface area contributed by atoms with Crippen molar-refractivity contribution in [1.29, 1.82) is 0 Å². The van der Waals surface area contributed by atoms with Gasteiger partial charge in [-0.15, -0.1) is 0 Å². The lowest BCUT2D eigenvalue weighted by Crippen LogP contribution is -2.03. The highest BCUT2D eigenvalue weighted by atomic mass is 31.2. The van der Waals surface area contributed by atoms with Crippen molar-refractivity contribution in [2.75, 3.05) is 26.0 Å². The molecule has 4 nitrogen and oxygen atoms in total. The molecule has 0 aromatic rings. The largest absolute Gasteiger partial charge is 0.396 e. The highest BCUT2D eigenvalue weighted by Gasteiger charge is 2.22. The Labute approximate surface area is 86.1 Å². The van der Waals surface area contributed by atoms with Crippen LogP contribution >= 0.6 is 7.60 Å². The van der Waals surface area contributed by atoms with E-state index < -0.39 is 7.60 Å². The fourth-order valence-electron chi connectivity index (χ4n) is 0.891. The first-order chi connectivity index (χ1) is 6.68. The minimum atomic E-state index is -2.93. The summed E-state index contributed by atoms with van der Waals surface area (Å²) in [7, 11) is -2.93. The molecule has 0 rings (SSSR count). The first kappa shape index (κ1) is 14.1. The van der Waals surface area contributed by atoms with Crippen molar-refractivity contribution < 1.29 is 18.7 Å². The van der Waals surface area contributed by atoms with E-state index >= 15 is 0 Å². The van der Waals surface area contributed by atoms with Gasteiger partial charge < -0.3 is 14.2 Å². The zero-order chi connectivity index (χ0) is 10.9. The lowest BCUT2D eigenvalue weighted by molar-refractivity contribution is 0.200. The Kier molecular flexibility index (Phi) is 8.49. The zero-order valence-corrected chi connectivity index (χ0v) is 9.96. The van der Waals surface area contributed by atoms with Crippen LogP contribution in [-0.2, 0) is 13.6 Å². The second-order valence-electron chi connectivity index (χ2n) is 3.08. The molecule has 0 radical (unpaired) electrons. The lowest BCUT2D eigenvalue weighted by atomic mass is 10.5. The van der Waals surface area contributed by atoms with Crippen LogP contribution in [0.1, 0.15) is 33.1 Å². The number of aliphatic hydroxyl groups excluding tert-OH is 1. The average molecular weight is 224 g/mol. The highest BCUT2D eigenvalue weighted by Crippen LogP contribution is 2.48. The van der Waals surface area contributed by atoms with Crippen molar-refractivity contribution in [2.45, 2.75) is 33.1 Å². The van der Waals surface area contributed by atoms with Gasteiger partial charge in [-0.3, -0.25) is 4.57 Å². The maximum atomic E-state index is 11.9. The van der Waals surface area contributed by atoms with E-state index in [1.165, 1.54) is 0 Å². The van der Waals surface area contributed by atoms with Crippen LogP contribution in [0.3, 0.4) is 0 Å². The molecule has 0 aromatic carbocycles. The molecule has 0 aliphatic carbocycles. The standard InChI is InChI=1S/C9H21O4P/c1-3-7-12-14(11,9-5-6-10)13-8-4-2/h10H,3-9H2,1-2H3. The van der Waals surface area contributed by atoms with Gasteiger partial charge in [-0.1, -0.05) is 13.8 Å². The molecule has 14 heavy (non-hydrogen) atoms. The Morgan fingerprint density at radius 1 is 1.14 bits per heavy atom. The van der Waals surface area contributed by atoms with Crippen LogP contribution in [0.4, 0.5) is 0 Å². The van der Waals surface area contributed by atoms with Gasteiger partial charge in [-0.25, -0.2) is 0 Å². The molecule has 0 aromatic heterocycles. The Hall–Kier alpha value is 0.110. The Morgan fingerprint density at radius 2 is 1.64 bits per heavy atom. The van der Waals surface area contributed by atoms with Crippen molar-refractivity contribution in [1.82, 2.24) is 0 Å². The van der Waals surface area contributed by atoms with Crippen molar-refractivity contribution in [3.05, 3.63) is 0 Å².